The van der Waals surface area contributed by atoms with Gasteiger partial charge in [0.2, 0.25) is 5.69 Å². The highest BCUT2D eigenvalue weighted by molar-refractivity contribution is 6.15. The highest BCUT2D eigenvalue weighted by Crippen LogP contribution is 2.41. The van der Waals surface area contributed by atoms with Crippen LogP contribution < -0.4 is 0 Å². The van der Waals surface area contributed by atoms with Gasteiger partial charge in [0, 0.05) is 21.5 Å². The van der Waals surface area contributed by atoms with Gasteiger partial charge in [0.1, 0.15) is 6.07 Å². The second-order valence-corrected chi connectivity index (χ2v) is 11.2. The van der Waals surface area contributed by atoms with Crippen LogP contribution in [0.4, 0.5) is 5.69 Å². The number of hydrogen-bond donors (Lipinski definition) is 0. The highest BCUT2D eigenvalue weighted by atomic mass is 15.0. The number of aromatic nitrogens is 2. The van der Waals surface area contributed by atoms with Crippen molar-refractivity contribution in [1.82, 2.24) is 9.13 Å². The van der Waals surface area contributed by atoms with Crippen LogP contribution in [0.5, 0.6) is 0 Å². The predicted octanol–water partition coefficient (Wildman–Crippen LogP) is 10.6. The Kier molecular flexibility index (Phi) is 5.00. The third kappa shape index (κ3) is 3.31. The van der Waals surface area contributed by atoms with Gasteiger partial charge in [0.25, 0.3) is 0 Å². The Morgan fingerprint density at radius 3 is 1.43 bits per heavy atom. The van der Waals surface area contributed by atoms with Gasteiger partial charge in [-0.05, 0) is 70.1 Å². The molecule has 9 rings (SSSR count). The average molecular weight is 559 g/mol. The summed E-state index contributed by atoms with van der Waals surface area (Å²) in [7, 11) is 0. The van der Waals surface area contributed by atoms with Crippen molar-refractivity contribution < 1.29 is 0 Å². The maximum atomic E-state index is 10.6. The van der Waals surface area contributed by atoms with E-state index in [0.717, 1.165) is 54.4 Å². The Morgan fingerprint density at radius 2 is 0.932 bits per heavy atom. The number of rotatable bonds is 2. The fourth-order valence-corrected chi connectivity index (χ4v) is 6.94. The van der Waals surface area contributed by atoms with E-state index in [2.05, 4.69) is 105 Å². The molecule has 0 N–H and O–H groups in total. The summed E-state index contributed by atoms with van der Waals surface area (Å²) in [5.74, 6) is 0. The molecule has 0 unspecified atom stereocenters. The lowest BCUT2D eigenvalue weighted by molar-refractivity contribution is 1.14. The third-order valence-corrected chi connectivity index (χ3v) is 8.90. The van der Waals surface area contributed by atoms with Crippen LogP contribution in [0, 0.1) is 17.9 Å². The van der Waals surface area contributed by atoms with E-state index in [9.17, 15) is 5.26 Å². The van der Waals surface area contributed by atoms with Gasteiger partial charge >= 0.3 is 0 Å². The van der Waals surface area contributed by atoms with Gasteiger partial charge in [0.15, 0.2) is 0 Å². The molecule has 0 saturated heterocycles. The Labute approximate surface area is 252 Å². The van der Waals surface area contributed by atoms with E-state index < -0.39 is 0 Å². The van der Waals surface area contributed by atoms with E-state index in [1.807, 2.05) is 48.5 Å². The molecule has 0 atom stereocenters. The van der Waals surface area contributed by atoms with Crippen LogP contribution in [0.2, 0.25) is 0 Å². The van der Waals surface area contributed by atoms with E-state index in [1.54, 1.807) is 0 Å². The molecular formula is C40H22N4. The molecule has 0 spiro atoms. The summed E-state index contributed by atoms with van der Waals surface area (Å²) >= 11 is 0. The summed E-state index contributed by atoms with van der Waals surface area (Å²) in [6, 6.07) is 48.4. The van der Waals surface area contributed by atoms with Gasteiger partial charge in [-0.2, -0.15) is 5.26 Å². The summed E-state index contributed by atoms with van der Waals surface area (Å²) in [5.41, 5.74) is 6.42. The van der Waals surface area contributed by atoms with Crippen LogP contribution in [-0.4, -0.2) is 9.13 Å². The largest absolute Gasteiger partial charge is 0.319 e. The van der Waals surface area contributed by atoms with E-state index in [-0.39, 0.29) is 0 Å². The summed E-state index contributed by atoms with van der Waals surface area (Å²) in [6.45, 7) is 8.34. The fourth-order valence-electron chi connectivity index (χ4n) is 6.94. The number of nitriles is 1. The average Bonchev–Trinajstić information content (AvgIpc) is 3.57. The molecule has 0 radical (unpaired) electrons. The van der Waals surface area contributed by atoms with Crippen molar-refractivity contribution in [3.8, 4) is 17.4 Å². The first-order chi connectivity index (χ1) is 21.7. The molecule has 0 aliphatic heterocycles. The van der Waals surface area contributed by atoms with Crippen molar-refractivity contribution in [2.24, 2.45) is 0 Å². The normalized spacial score (nSPS) is 11.6. The molecule has 0 saturated carbocycles. The molecular weight excluding hydrogens is 536 g/mol. The topological polar surface area (TPSA) is 38.0 Å². The zero-order chi connectivity index (χ0) is 29.4. The summed E-state index contributed by atoms with van der Waals surface area (Å²) in [6.07, 6.45) is 0. The monoisotopic (exact) mass is 558 g/mol. The lowest BCUT2D eigenvalue weighted by Gasteiger charge is -2.16. The third-order valence-electron chi connectivity index (χ3n) is 8.90. The minimum absolute atomic E-state index is 0.488. The first kappa shape index (κ1) is 24.3. The Morgan fingerprint density at radius 1 is 0.477 bits per heavy atom. The molecule has 4 nitrogen and oxygen atoms in total. The summed E-state index contributed by atoms with van der Waals surface area (Å²) in [4.78, 5) is 4.06. The SMILES string of the molecule is [C-]#[N+]c1cc(-n2c3ccccc3c3cc4ccccc4cc32)c(C#N)cc1-n1c2ccccc2c2cc3ccccc3cc21. The zero-order valence-electron chi connectivity index (χ0n) is 23.5. The molecule has 0 aliphatic rings. The van der Waals surface area contributed by atoms with Crippen LogP contribution in [0.25, 0.3) is 81.4 Å². The number of hydrogen-bond acceptors (Lipinski definition) is 1. The second-order valence-electron chi connectivity index (χ2n) is 11.2. The Hall–Kier alpha value is -6.36. The summed E-state index contributed by atoms with van der Waals surface area (Å²) in [5, 5.41) is 19.7. The standard InChI is InChI=1S/C40H22N4/c1-42-34-23-37(43-35-16-8-6-14-30(35)32-18-25-10-2-4-12-27(25)20-38(32)43)29(24-41)22-40(34)44-36-17-9-7-15-31(36)33-19-26-11-3-5-13-28(26)21-39(33)44/h2-23H. The van der Waals surface area contributed by atoms with Crippen LogP contribution in [0.1, 0.15) is 5.56 Å². The number of nitrogens with zero attached hydrogens (tertiary/aromatic N) is 4. The number of para-hydroxylation sites is 2. The second kappa shape index (κ2) is 9.07. The molecule has 2 aromatic heterocycles. The van der Waals surface area contributed by atoms with Gasteiger partial charge < -0.3 is 9.13 Å². The van der Waals surface area contributed by atoms with E-state index in [0.29, 0.717) is 22.6 Å². The molecule has 0 fully saturated rings. The van der Waals surface area contributed by atoms with Gasteiger partial charge in [-0.3, -0.25) is 0 Å². The van der Waals surface area contributed by atoms with Crippen molar-refractivity contribution >= 4 is 70.8 Å². The smallest absolute Gasteiger partial charge is 0.212 e. The first-order valence-corrected chi connectivity index (χ1v) is 14.5. The molecule has 2 heterocycles. The lowest BCUT2D eigenvalue weighted by atomic mass is 10.1. The quantitative estimate of drug-likeness (QED) is 0.195. The van der Waals surface area contributed by atoms with E-state index in [1.165, 1.54) is 10.8 Å². The van der Waals surface area contributed by atoms with Crippen molar-refractivity contribution in [3.63, 3.8) is 0 Å². The van der Waals surface area contributed by atoms with Crippen molar-refractivity contribution in [3.05, 3.63) is 150 Å². The number of fused-ring (bicyclic) bond motifs is 8. The molecule has 202 valence electrons. The highest BCUT2D eigenvalue weighted by Gasteiger charge is 2.21. The zero-order valence-corrected chi connectivity index (χ0v) is 23.5. The van der Waals surface area contributed by atoms with Crippen molar-refractivity contribution in [1.29, 1.82) is 5.26 Å². The van der Waals surface area contributed by atoms with E-state index >= 15 is 0 Å². The molecule has 0 aliphatic carbocycles. The Balaban J connectivity index is 1.39. The lowest BCUT2D eigenvalue weighted by Crippen LogP contribution is -2.01. The van der Waals surface area contributed by atoms with Crippen molar-refractivity contribution in [2.45, 2.75) is 0 Å². The molecule has 44 heavy (non-hydrogen) atoms. The van der Waals surface area contributed by atoms with Crippen LogP contribution in [0.15, 0.2) is 133 Å². The maximum absolute atomic E-state index is 10.6. The molecule has 0 bridgehead atoms. The maximum Gasteiger partial charge on any atom is 0.212 e. The molecule has 9 aromatic rings. The van der Waals surface area contributed by atoms with Crippen LogP contribution in [0.3, 0.4) is 0 Å². The predicted molar refractivity (Wildman–Crippen MR) is 181 cm³/mol. The van der Waals surface area contributed by atoms with Crippen molar-refractivity contribution in [2.75, 3.05) is 0 Å². The van der Waals surface area contributed by atoms with Crippen LogP contribution in [-0.2, 0) is 0 Å². The fraction of sp³-hybridized carbons (Fsp3) is 0. The number of benzene rings is 7. The van der Waals surface area contributed by atoms with Crippen LogP contribution >= 0.6 is 0 Å². The van der Waals surface area contributed by atoms with Gasteiger partial charge in [-0.15, -0.1) is 0 Å². The molecule has 0 amide bonds. The van der Waals surface area contributed by atoms with Gasteiger partial charge in [-0.1, -0.05) is 84.9 Å². The molecule has 4 heteroatoms. The van der Waals surface area contributed by atoms with E-state index in [4.69, 9.17) is 6.57 Å². The minimum atomic E-state index is 0.488. The van der Waals surface area contributed by atoms with Gasteiger partial charge in [0.05, 0.1) is 45.6 Å². The van der Waals surface area contributed by atoms with Gasteiger partial charge in [-0.25, -0.2) is 4.85 Å². The first-order valence-electron chi connectivity index (χ1n) is 14.5. The summed E-state index contributed by atoms with van der Waals surface area (Å²) < 4.78 is 4.29. The molecule has 7 aromatic carbocycles. The minimum Gasteiger partial charge on any atom is -0.319 e. The Bertz CT molecular complexity index is 2550.